The quantitative estimate of drug-likeness (QED) is 0.559. The van der Waals surface area contributed by atoms with Crippen LogP contribution in [0.1, 0.15) is 21.7 Å². The van der Waals surface area contributed by atoms with Crippen LogP contribution in [-0.2, 0) is 0 Å². The van der Waals surface area contributed by atoms with Crippen molar-refractivity contribution in [2.24, 2.45) is 0 Å². The molecule has 0 spiro atoms. The molecule has 4 aromatic rings. The number of anilines is 1. The summed E-state index contributed by atoms with van der Waals surface area (Å²) in [6, 6.07) is 20.8. The monoisotopic (exact) mass is 357 g/mol. The number of carbonyl (C=O) groups is 1. The molecule has 0 bridgehead atoms. The minimum atomic E-state index is -0.192. The number of nitrogens with one attached hydrogen (secondary N) is 1. The number of para-hydroxylation sites is 1. The maximum absolute atomic E-state index is 12.8. The summed E-state index contributed by atoms with van der Waals surface area (Å²) in [7, 11) is 0. The van der Waals surface area contributed by atoms with E-state index in [4.69, 9.17) is 4.74 Å². The zero-order valence-electron chi connectivity index (χ0n) is 15.1. The van der Waals surface area contributed by atoms with Gasteiger partial charge in [-0.2, -0.15) is 0 Å². The number of aryl methyl sites for hydroxylation is 2. The van der Waals surface area contributed by atoms with Gasteiger partial charge in [0, 0.05) is 11.9 Å². The normalized spacial score (nSPS) is 10.7. The first kappa shape index (κ1) is 16.8. The second kappa shape index (κ2) is 6.96. The molecular formula is C22H19N3O2. The zero-order chi connectivity index (χ0) is 18.8. The number of benzene rings is 2. The third-order valence-electron chi connectivity index (χ3n) is 4.33. The van der Waals surface area contributed by atoms with Crippen molar-refractivity contribution in [3.8, 4) is 11.5 Å². The van der Waals surface area contributed by atoms with Gasteiger partial charge in [-0.3, -0.25) is 9.20 Å². The van der Waals surface area contributed by atoms with Gasteiger partial charge in [0.05, 0.1) is 5.69 Å². The molecule has 0 aliphatic heterocycles. The number of aromatic nitrogens is 2. The van der Waals surface area contributed by atoms with Gasteiger partial charge in [0.2, 0.25) is 0 Å². The third-order valence-corrected chi connectivity index (χ3v) is 4.33. The van der Waals surface area contributed by atoms with Crippen LogP contribution in [0, 0.1) is 13.8 Å². The Kier molecular flexibility index (Phi) is 4.34. The number of ether oxygens (including phenoxy) is 1. The van der Waals surface area contributed by atoms with Gasteiger partial charge in [0.1, 0.15) is 22.8 Å². The molecule has 5 heteroatoms. The predicted octanol–water partition coefficient (Wildman–Crippen LogP) is 5.00. The van der Waals surface area contributed by atoms with Gasteiger partial charge < -0.3 is 10.1 Å². The van der Waals surface area contributed by atoms with E-state index in [1.807, 2.05) is 91.2 Å². The van der Waals surface area contributed by atoms with Crippen molar-refractivity contribution in [2.75, 3.05) is 5.32 Å². The van der Waals surface area contributed by atoms with E-state index in [9.17, 15) is 4.79 Å². The van der Waals surface area contributed by atoms with Gasteiger partial charge in [-0.1, -0.05) is 24.3 Å². The highest BCUT2D eigenvalue weighted by Crippen LogP contribution is 2.23. The summed E-state index contributed by atoms with van der Waals surface area (Å²) in [4.78, 5) is 17.3. The third kappa shape index (κ3) is 3.40. The molecule has 0 aliphatic carbocycles. The SMILES string of the molecule is Cc1nc2c(C)cccn2c1C(=O)Nc1ccc(Oc2ccccc2)cc1. The van der Waals surface area contributed by atoms with Crippen molar-refractivity contribution in [1.82, 2.24) is 9.38 Å². The fourth-order valence-electron chi connectivity index (χ4n) is 3.01. The lowest BCUT2D eigenvalue weighted by atomic mass is 10.2. The van der Waals surface area contributed by atoms with Crippen LogP contribution in [0.5, 0.6) is 11.5 Å². The van der Waals surface area contributed by atoms with Crippen molar-refractivity contribution in [3.05, 3.63) is 89.9 Å². The fraction of sp³-hybridized carbons (Fsp3) is 0.0909. The fourth-order valence-corrected chi connectivity index (χ4v) is 3.01. The molecule has 134 valence electrons. The molecule has 0 radical (unpaired) electrons. The van der Waals surface area contributed by atoms with Crippen molar-refractivity contribution in [1.29, 1.82) is 0 Å². The Bertz CT molecular complexity index is 1100. The van der Waals surface area contributed by atoms with E-state index in [1.165, 1.54) is 0 Å². The summed E-state index contributed by atoms with van der Waals surface area (Å²) in [6.45, 7) is 3.83. The Balaban J connectivity index is 1.53. The Hall–Kier alpha value is -3.60. The molecule has 2 aromatic carbocycles. The van der Waals surface area contributed by atoms with Crippen LogP contribution in [0.15, 0.2) is 72.9 Å². The zero-order valence-corrected chi connectivity index (χ0v) is 15.1. The summed E-state index contributed by atoms with van der Waals surface area (Å²) in [5, 5.41) is 2.93. The smallest absolute Gasteiger partial charge is 0.274 e. The number of carbonyl (C=O) groups excluding carboxylic acids is 1. The minimum Gasteiger partial charge on any atom is -0.457 e. The number of pyridine rings is 1. The average Bonchev–Trinajstić information content (AvgIpc) is 3.02. The number of hydrogen-bond acceptors (Lipinski definition) is 3. The van der Waals surface area contributed by atoms with Gasteiger partial charge in [0.15, 0.2) is 0 Å². The van der Waals surface area contributed by atoms with Gasteiger partial charge >= 0.3 is 0 Å². The first-order valence-electron chi connectivity index (χ1n) is 8.70. The Morgan fingerprint density at radius 1 is 0.926 bits per heavy atom. The summed E-state index contributed by atoms with van der Waals surface area (Å²) in [5.41, 5.74) is 3.76. The van der Waals surface area contributed by atoms with Crippen LogP contribution < -0.4 is 10.1 Å². The van der Waals surface area contributed by atoms with E-state index in [0.29, 0.717) is 22.8 Å². The van der Waals surface area contributed by atoms with E-state index in [1.54, 1.807) is 0 Å². The number of imidazole rings is 1. The number of fused-ring (bicyclic) bond motifs is 1. The lowest BCUT2D eigenvalue weighted by Gasteiger charge is -2.09. The molecule has 1 amide bonds. The molecule has 0 saturated carbocycles. The summed E-state index contributed by atoms with van der Waals surface area (Å²) < 4.78 is 7.60. The maximum Gasteiger partial charge on any atom is 0.274 e. The predicted molar refractivity (Wildman–Crippen MR) is 106 cm³/mol. The Morgan fingerprint density at radius 2 is 1.63 bits per heavy atom. The number of amides is 1. The van der Waals surface area contributed by atoms with Crippen molar-refractivity contribution >= 4 is 17.2 Å². The van der Waals surface area contributed by atoms with Crippen LogP contribution in [-0.4, -0.2) is 15.3 Å². The molecular weight excluding hydrogens is 338 g/mol. The summed E-state index contributed by atoms with van der Waals surface area (Å²) in [6.07, 6.45) is 1.86. The van der Waals surface area contributed by atoms with E-state index < -0.39 is 0 Å². The molecule has 0 saturated heterocycles. The Labute approximate surface area is 157 Å². The van der Waals surface area contributed by atoms with Crippen LogP contribution in [0.2, 0.25) is 0 Å². The first-order chi connectivity index (χ1) is 13.1. The van der Waals surface area contributed by atoms with Crippen molar-refractivity contribution < 1.29 is 9.53 Å². The lowest BCUT2D eigenvalue weighted by molar-refractivity contribution is 0.102. The van der Waals surface area contributed by atoms with Crippen LogP contribution in [0.3, 0.4) is 0 Å². The maximum atomic E-state index is 12.8. The molecule has 0 atom stereocenters. The number of nitrogens with zero attached hydrogens (tertiary/aromatic N) is 2. The highest BCUT2D eigenvalue weighted by atomic mass is 16.5. The highest BCUT2D eigenvalue weighted by molar-refractivity contribution is 6.04. The number of rotatable bonds is 4. The van der Waals surface area contributed by atoms with Gasteiger partial charge in [-0.05, 0) is 61.9 Å². The standard InChI is InChI=1S/C22H19N3O2/c1-15-7-6-14-25-20(16(2)23-21(15)25)22(26)24-17-10-12-19(13-11-17)27-18-8-4-3-5-9-18/h3-14H,1-2H3,(H,24,26). The number of hydrogen-bond donors (Lipinski definition) is 1. The highest BCUT2D eigenvalue weighted by Gasteiger charge is 2.17. The van der Waals surface area contributed by atoms with Gasteiger partial charge in [-0.15, -0.1) is 0 Å². The molecule has 0 fully saturated rings. The largest absolute Gasteiger partial charge is 0.457 e. The van der Waals surface area contributed by atoms with Crippen LogP contribution >= 0.6 is 0 Å². The second-order valence-electron chi connectivity index (χ2n) is 6.32. The van der Waals surface area contributed by atoms with E-state index >= 15 is 0 Å². The molecule has 0 unspecified atom stereocenters. The second-order valence-corrected chi connectivity index (χ2v) is 6.32. The van der Waals surface area contributed by atoms with Crippen LogP contribution in [0.4, 0.5) is 5.69 Å². The van der Waals surface area contributed by atoms with Gasteiger partial charge in [0.25, 0.3) is 5.91 Å². The molecule has 5 nitrogen and oxygen atoms in total. The molecule has 2 heterocycles. The summed E-state index contributed by atoms with van der Waals surface area (Å²) >= 11 is 0. The minimum absolute atomic E-state index is 0.192. The van der Waals surface area contributed by atoms with E-state index in [0.717, 1.165) is 17.0 Å². The molecule has 4 rings (SSSR count). The Morgan fingerprint density at radius 3 is 2.37 bits per heavy atom. The summed E-state index contributed by atoms with van der Waals surface area (Å²) in [5.74, 6) is 1.29. The molecule has 27 heavy (non-hydrogen) atoms. The van der Waals surface area contributed by atoms with Crippen molar-refractivity contribution in [3.63, 3.8) is 0 Å². The van der Waals surface area contributed by atoms with E-state index in [-0.39, 0.29) is 5.91 Å². The van der Waals surface area contributed by atoms with Crippen LogP contribution in [0.25, 0.3) is 5.65 Å². The van der Waals surface area contributed by atoms with Gasteiger partial charge in [-0.25, -0.2) is 4.98 Å². The topological polar surface area (TPSA) is 55.6 Å². The van der Waals surface area contributed by atoms with Crippen molar-refractivity contribution in [2.45, 2.75) is 13.8 Å². The molecule has 0 aliphatic rings. The lowest BCUT2D eigenvalue weighted by Crippen LogP contribution is -2.15. The average molecular weight is 357 g/mol. The van der Waals surface area contributed by atoms with E-state index in [2.05, 4.69) is 10.3 Å². The first-order valence-corrected chi connectivity index (χ1v) is 8.70. The molecule has 2 aromatic heterocycles. The molecule has 1 N–H and O–H groups in total.